The van der Waals surface area contributed by atoms with Crippen molar-refractivity contribution in [3.8, 4) is 0 Å². The van der Waals surface area contributed by atoms with Gasteiger partial charge in [0, 0.05) is 17.9 Å². The monoisotopic (exact) mass is 394 g/mol. The molecule has 1 saturated carbocycles. The van der Waals surface area contributed by atoms with Crippen LogP contribution >= 0.6 is 15.9 Å². The number of rotatable bonds is 6. The van der Waals surface area contributed by atoms with E-state index >= 15 is 0 Å². The van der Waals surface area contributed by atoms with Crippen LogP contribution in [0.3, 0.4) is 0 Å². The quantitative estimate of drug-likeness (QED) is 0.268. The van der Waals surface area contributed by atoms with E-state index < -0.39 is 8.32 Å². The lowest BCUT2D eigenvalue weighted by Crippen LogP contribution is -2.52. The van der Waals surface area contributed by atoms with E-state index in [1.807, 2.05) is 0 Å². The molecule has 0 heterocycles. The molecule has 3 atom stereocenters. The van der Waals surface area contributed by atoms with Crippen molar-refractivity contribution in [1.29, 1.82) is 0 Å². The van der Waals surface area contributed by atoms with Crippen molar-refractivity contribution in [3.63, 3.8) is 0 Å². The topological polar surface area (TPSA) is 27.7 Å². The van der Waals surface area contributed by atoms with Crippen molar-refractivity contribution in [2.24, 2.45) is 11.3 Å². The highest BCUT2D eigenvalue weighted by atomic mass is 79.9. The third-order valence-electron chi connectivity index (χ3n) is 5.57. The van der Waals surface area contributed by atoms with Gasteiger partial charge in [-0.2, -0.15) is 0 Å². The molecule has 5 heteroatoms. The molecule has 3 nitrogen and oxygen atoms in total. The van der Waals surface area contributed by atoms with Crippen LogP contribution in [0.25, 0.3) is 0 Å². The largest absolute Gasteiger partial charge is 0.413 e. The molecule has 1 aliphatic rings. The third kappa shape index (κ3) is 5.03. The van der Waals surface area contributed by atoms with Crippen molar-refractivity contribution >= 4 is 24.2 Å². The van der Waals surface area contributed by atoms with Gasteiger partial charge in [0.15, 0.2) is 8.32 Å². The second-order valence-electron chi connectivity index (χ2n) is 8.77. The summed E-state index contributed by atoms with van der Waals surface area (Å²) in [5, 5.41) is 0.245. The van der Waals surface area contributed by atoms with Gasteiger partial charge in [-0.05, 0) is 36.4 Å². The number of hydrogen-bond acceptors (Lipinski definition) is 3. The molecule has 0 bridgehead atoms. The Morgan fingerprint density at radius 3 is 2.32 bits per heavy atom. The van der Waals surface area contributed by atoms with Crippen LogP contribution < -0.4 is 0 Å². The standard InChI is InChI=1S/C17H35BrO3Si/c1-16(2,3)22(7,8)21-14-9-10-17(4,5)13(15(14)18)11-20-12-19-6/h13-15H,9-12H2,1-8H3/t13?,14-,15?/m1/s1. The van der Waals surface area contributed by atoms with Crippen molar-refractivity contribution in [3.05, 3.63) is 0 Å². The number of ether oxygens (including phenoxy) is 2. The second-order valence-corrected chi connectivity index (χ2v) is 14.6. The average molecular weight is 395 g/mol. The molecular formula is C17H35BrO3Si. The second kappa shape index (κ2) is 7.64. The highest BCUT2D eigenvalue weighted by Crippen LogP contribution is 2.47. The molecule has 1 rings (SSSR count). The normalized spacial score (nSPS) is 29.6. The van der Waals surface area contributed by atoms with E-state index in [9.17, 15) is 0 Å². The molecule has 1 aliphatic carbocycles. The highest BCUT2D eigenvalue weighted by Gasteiger charge is 2.47. The molecule has 0 N–H and O–H groups in total. The number of halogens is 1. The SMILES string of the molecule is COCOCC1C(Br)[C@H](O[Si](C)(C)C(C)(C)C)CCC1(C)C. The Morgan fingerprint density at radius 2 is 1.82 bits per heavy atom. The van der Waals surface area contributed by atoms with Crippen LogP contribution in [0.5, 0.6) is 0 Å². The lowest BCUT2D eigenvalue weighted by atomic mass is 9.68. The summed E-state index contributed by atoms with van der Waals surface area (Å²) in [4.78, 5) is 0.335. The summed E-state index contributed by atoms with van der Waals surface area (Å²) in [7, 11) is -0.0760. The lowest BCUT2D eigenvalue weighted by Gasteiger charge is -2.49. The summed E-state index contributed by atoms with van der Waals surface area (Å²) >= 11 is 3.94. The lowest BCUT2D eigenvalue weighted by molar-refractivity contribution is -0.0742. The Balaban J connectivity index is 2.79. The average Bonchev–Trinajstić information content (AvgIpc) is 2.36. The van der Waals surface area contributed by atoms with Gasteiger partial charge in [0.1, 0.15) is 6.79 Å². The van der Waals surface area contributed by atoms with Crippen LogP contribution in [0.15, 0.2) is 0 Å². The van der Waals surface area contributed by atoms with E-state index in [1.165, 1.54) is 6.42 Å². The van der Waals surface area contributed by atoms with E-state index in [-0.39, 0.29) is 16.6 Å². The van der Waals surface area contributed by atoms with E-state index in [2.05, 4.69) is 63.6 Å². The van der Waals surface area contributed by atoms with Gasteiger partial charge in [0.25, 0.3) is 0 Å². The van der Waals surface area contributed by atoms with Crippen LogP contribution in [0.1, 0.15) is 47.5 Å². The molecule has 0 aromatic carbocycles. The van der Waals surface area contributed by atoms with Gasteiger partial charge >= 0.3 is 0 Å². The molecular weight excluding hydrogens is 360 g/mol. The molecule has 0 saturated heterocycles. The van der Waals surface area contributed by atoms with Gasteiger partial charge in [-0.3, -0.25) is 0 Å². The smallest absolute Gasteiger partial charge is 0.192 e. The van der Waals surface area contributed by atoms with Gasteiger partial charge < -0.3 is 13.9 Å². The maximum absolute atomic E-state index is 6.69. The predicted octanol–water partition coefficient (Wildman–Crippen LogP) is 5.20. The first-order chi connectivity index (χ1) is 9.92. The first-order valence-corrected chi connectivity index (χ1v) is 12.1. The molecule has 0 aromatic heterocycles. The summed E-state index contributed by atoms with van der Waals surface area (Å²) in [6.07, 6.45) is 2.58. The minimum absolute atomic E-state index is 0.245. The summed E-state index contributed by atoms with van der Waals surface area (Å²) in [6.45, 7) is 17.3. The van der Waals surface area contributed by atoms with Gasteiger partial charge in [-0.25, -0.2) is 0 Å². The van der Waals surface area contributed by atoms with Gasteiger partial charge in [0.05, 0.1) is 12.7 Å². The zero-order valence-electron chi connectivity index (χ0n) is 15.7. The maximum atomic E-state index is 6.69. The Bertz CT molecular complexity index is 352. The Hall–Kier alpha value is 0.577. The van der Waals surface area contributed by atoms with Crippen LogP contribution in [0.2, 0.25) is 18.1 Å². The predicted molar refractivity (Wildman–Crippen MR) is 99.1 cm³/mol. The fourth-order valence-electron chi connectivity index (χ4n) is 2.80. The number of hydrogen-bond donors (Lipinski definition) is 0. The molecule has 0 aliphatic heterocycles. The fourth-order valence-corrected chi connectivity index (χ4v) is 5.62. The summed E-state index contributed by atoms with van der Waals surface area (Å²) in [6, 6.07) is 0. The Kier molecular flexibility index (Phi) is 7.16. The highest BCUT2D eigenvalue weighted by molar-refractivity contribution is 9.09. The minimum atomic E-state index is -1.74. The van der Waals surface area contributed by atoms with E-state index in [1.54, 1.807) is 7.11 Å². The Morgan fingerprint density at radius 1 is 1.23 bits per heavy atom. The zero-order valence-corrected chi connectivity index (χ0v) is 18.2. The van der Waals surface area contributed by atoms with Crippen LogP contribution in [-0.4, -0.2) is 39.8 Å². The molecule has 2 unspecified atom stereocenters. The fraction of sp³-hybridized carbons (Fsp3) is 1.00. The van der Waals surface area contributed by atoms with Crippen LogP contribution in [-0.2, 0) is 13.9 Å². The molecule has 0 aromatic rings. The van der Waals surface area contributed by atoms with Gasteiger partial charge in [-0.1, -0.05) is 50.5 Å². The first kappa shape index (κ1) is 20.6. The molecule has 132 valence electrons. The van der Waals surface area contributed by atoms with Crippen LogP contribution in [0, 0.1) is 11.3 Å². The number of alkyl halides is 1. The number of methoxy groups -OCH3 is 1. The zero-order chi connectivity index (χ0) is 17.2. The van der Waals surface area contributed by atoms with Crippen molar-refractivity contribution in [2.45, 2.75) is 76.5 Å². The molecule has 22 heavy (non-hydrogen) atoms. The molecule has 0 radical (unpaired) electrons. The Labute approximate surface area is 146 Å². The first-order valence-electron chi connectivity index (χ1n) is 8.31. The van der Waals surface area contributed by atoms with Crippen molar-refractivity contribution < 1.29 is 13.9 Å². The van der Waals surface area contributed by atoms with Gasteiger partial charge in [0.2, 0.25) is 0 Å². The summed E-state index contributed by atoms with van der Waals surface area (Å²) in [5.74, 6) is 0.436. The van der Waals surface area contributed by atoms with Crippen LogP contribution in [0.4, 0.5) is 0 Å². The van der Waals surface area contributed by atoms with Gasteiger partial charge in [-0.15, -0.1) is 0 Å². The molecule has 0 spiro atoms. The van der Waals surface area contributed by atoms with E-state index in [0.29, 0.717) is 24.1 Å². The minimum Gasteiger partial charge on any atom is -0.413 e. The van der Waals surface area contributed by atoms with E-state index in [0.717, 1.165) is 6.42 Å². The van der Waals surface area contributed by atoms with E-state index in [4.69, 9.17) is 13.9 Å². The maximum Gasteiger partial charge on any atom is 0.192 e. The summed E-state index contributed by atoms with van der Waals surface area (Å²) < 4.78 is 17.4. The molecule has 0 amide bonds. The van der Waals surface area contributed by atoms with Crippen molar-refractivity contribution in [2.75, 3.05) is 20.5 Å². The molecule has 1 fully saturated rings. The van der Waals surface area contributed by atoms with Crippen molar-refractivity contribution in [1.82, 2.24) is 0 Å². The summed E-state index contributed by atoms with van der Waals surface area (Å²) in [5.41, 5.74) is 0.259. The third-order valence-corrected chi connectivity index (χ3v) is 11.3.